The molecule has 0 bridgehead atoms. The molecule has 1 aliphatic heterocycles. The molecule has 0 saturated carbocycles. The van der Waals surface area contributed by atoms with Crippen LogP contribution in [0.1, 0.15) is 26.5 Å². The van der Waals surface area contributed by atoms with Gasteiger partial charge in [0, 0.05) is 36.6 Å². The van der Waals surface area contributed by atoms with Gasteiger partial charge in [-0.05, 0) is 0 Å². The second-order valence-electron chi connectivity index (χ2n) is 8.14. The fourth-order valence-corrected chi connectivity index (χ4v) is 3.52. The first kappa shape index (κ1) is 21.4. The lowest BCUT2D eigenvalue weighted by Gasteiger charge is -2.18. The number of aromatic nitrogens is 5. The lowest BCUT2D eigenvalue weighted by Crippen LogP contribution is -2.18. The van der Waals surface area contributed by atoms with E-state index in [-0.39, 0.29) is 12.0 Å². The summed E-state index contributed by atoms with van der Waals surface area (Å²) >= 11 is 6.60. The Labute approximate surface area is 189 Å². The number of rotatable bonds is 5. The molecule has 0 atom stereocenters. The van der Waals surface area contributed by atoms with Crippen molar-refractivity contribution in [3.8, 4) is 11.8 Å². The van der Waals surface area contributed by atoms with Crippen molar-refractivity contribution in [2.24, 2.45) is 12.0 Å². The summed E-state index contributed by atoms with van der Waals surface area (Å²) in [5.74, 6) is 1.48. The minimum atomic E-state index is -0.171. The van der Waals surface area contributed by atoms with Gasteiger partial charge in [0.2, 0.25) is 5.95 Å². The van der Waals surface area contributed by atoms with Crippen molar-refractivity contribution in [3.63, 3.8) is 0 Å². The number of halogens is 1. The van der Waals surface area contributed by atoms with Crippen LogP contribution in [0.3, 0.4) is 0 Å². The lowest BCUT2D eigenvalue weighted by molar-refractivity contribution is 0.474. The maximum Gasteiger partial charge on any atom is 0.210 e. The van der Waals surface area contributed by atoms with Crippen LogP contribution in [-0.4, -0.2) is 30.5 Å². The fraction of sp³-hybridized carbons (Fsp3) is 0.286. The number of fused-ring (bicyclic) bond motifs is 1. The molecular weight excluding hydrogens is 430 g/mol. The molecule has 0 radical (unpaired) electrons. The Kier molecular flexibility index (Phi) is 5.59. The third-order valence-corrected chi connectivity index (χ3v) is 5.12. The predicted octanol–water partition coefficient (Wildman–Crippen LogP) is 3.75. The Morgan fingerprint density at radius 2 is 2.19 bits per heavy atom. The van der Waals surface area contributed by atoms with E-state index in [1.54, 1.807) is 27.9 Å². The summed E-state index contributed by atoms with van der Waals surface area (Å²) in [6.07, 6.45) is 7.99. The van der Waals surface area contributed by atoms with Crippen LogP contribution in [0.4, 0.5) is 11.8 Å². The Morgan fingerprint density at radius 1 is 1.38 bits per heavy atom. The molecule has 0 aliphatic carbocycles. The Morgan fingerprint density at radius 3 is 2.88 bits per heavy atom. The number of pyridine rings is 1. The number of nitriles is 1. The highest BCUT2D eigenvalue weighted by molar-refractivity contribution is 6.36. The van der Waals surface area contributed by atoms with E-state index in [1.165, 1.54) is 12.5 Å². The number of ether oxygens (including phenoxy) is 1. The van der Waals surface area contributed by atoms with E-state index in [1.807, 2.05) is 13.1 Å². The number of nitrogens with zero attached hydrogens (tertiary/aromatic N) is 7. The monoisotopic (exact) mass is 451 g/mol. The molecule has 4 heterocycles. The van der Waals surface area contributed by atoms with E-state index in [0.717, 1.165) is 5.69 Å². The summed E-state index contributed by atoms with van der Waals surface area (Å²) in [4.78, 5) is 12.9. The molecule has 0 fully saturated rings. The zero-order valence-corrected chi connectivity index (χ0v) is 18.8. The van der Waals surface area contributed by atoms with Gasteiger partial charge in [-0.1, -0.05) is 32.4 Å². The van der Waals surface area contributed by atoms with Gasteiger partial charge >= 0.3 is 0 Å². The molecule has 3 aromatic rings. The maximum atomic E-state index is 9.13. The van der Waals surface area contributed by atoms with Gasteiger partial charge in [-0.3, -0.25) is 9.67 Å². The third-order valence-electron chi connectivity index (χ3n) is 4.75. The minimum absolute atomic E-state index is 0.162. The fourth-order valence-electron chi connectivity index (χ4n) is 3.22. The SMILES string of the molecule is Cn1c(Nc2cc(C(C)(C)C)n(CC#N)n2)nc2ncc(O/C=C3\C=NC=CN3)c(Cl)c21. The Hall–Kier alpha value is -3.84. The largest absolute Gasteiger partial charge is 0.459 e. The molecular formula is C21H22ClN9O. The van der Waals surface area contributed by atoms with Crippen molar-refractivity contribution < 1.29 is 4.74 Å². The molecule has 2 N–H and O–H groups in total. The summed E-state index contributed by atoms with van der Waals surface area (Å²) in [5.41, 5.74) is 2.53. The summed E-state index contributed by atoms with van der Waals surface area (Å²) < 4.78 is 9.17. The number of nitrogens with one attached hydrogen (secondary N) is 2. The average molecular weight is 452 g/mol. The predicted molar refractivity (Wildman–Crippen MR) is 123 cm³/mol. The van der Waals surface area contributed by atoms with Crippen LogP contribution >= 0.6 is 11.6 Å². The Bertz CT molecular complexity index is 1300. The van der Waals surface area contributed by atoms with E-state index in [0.29, 0.717) is 39.4 Å². The second-order valence-corrected chi connectivity index (χ2v) is 8.52. The highest BCUT2D eigenvalue weighted by atomic mass is 35.5. The lowest BCUT2D eigenvalue weighted by atomic mass is 9.92. The molecule has 10 nitrogen and oxygen atoms in total. The molecule has 32 heavy (non-hydrogen) atoms. The molecule has 3 aromatic heterocycles. The van der Waals surface area contributed by atoms with Gasteiger partial charge in [0.05, 0.1) is 24.2 Å². The summed E-state index contributed by atoms with van der Waals surface area (Å²) in [7, 11) is 1.82. The van der Waals surface area contributed by atoms with E-state index >= 15 is 0 Å². The molecule has 0 saturated heterocycles. The van der Waals surface area contributed by atoms with Crippen LogP contribution in [0.2, 0.25) is 5.02 Å². The molecule has 0 amide bonds. The van der Waals surface area contributed by atoms with Gasteiger partial charge in [-0.15, -0.1) is 0 Å². The molecule has 164 valence electrons. The van der Waals surface area contributed by atoms with Crippen molar-refractivity contribution in [2.75, 3.05) is 5.32 Å². The normalized spacial score (nSPS) is 14.6. The van der Waals surface area contributed by atoms with E-state index in [4.69, 9.17) is 21.6 Å². The van der Waals surface area contributed by atoms with Crippen LogP contribution < -0.4 is 15.4 Å². The first-order valence-corrected chi connectivity index (χ1v) is 10.2. The minimum Gasteiger partial charge on any atom is -0.459 e. The highest BCUT2D eigenvalue weighted by Gasteiger charge is 2.22. The van der Waals surface area contributed by atoms with Gasteiger partial charge in [-0.25, -0.2) is 4.98 Å². The molecule has 0 unspecified atom stereocenters. The van der Waals surface area contributed by atoms with Crippen LogP contribution in [-0.2, 0) is 19.0 Å². The number of anilines is 2. The zero-order valence-electron chi connectivity index (χ0n) is 18.1. The summed E-state index contributed by atoms with van der Waals surface area (Å²) in [6.45, 7) is 6.38. The molecule has 4 rings (SSSR count). The summed E-state index contributed by atoms with van der Waals surface area (Å²) in [5, 5.41) is 20.2. The van der Waals surface area contributed by atoms with Crippen molar-refractivity contribution in [3.05, 3.63) is 47.3 Å². The number of hydrogen-bond acceptors (Lipinski definition) is 8. The first-order valence-electron chi connectivity index (χ1n) is 9.82. The number of imidazole rings is 1. The molecule has 0 aromatic carbocycles. The second kappa shape index (κ2) is 8.36. The molecule has 1 aliphatic rings. The molecule has 11 heteroatoms. The van der Waals surface area contributed by atoms with Gasteiger partial charge in [0.25, 0.3) is 0 Å². The highest BCUT2D eigenvalue weighted by Crippen LogP contribution is 2.34. The van der Waals surface area contributed by atoms with E-state index in [2.05, 4.69) is 57.5 Å². The number of hydrogen-bond donors (Lipinski definition) is 2. The van der Waals surface area contributed by atoms with Gasteiger partial charge in [0.15, 0.2) is 17.2 Å². The Balaban J connectivity index is 1.64. The van der Waals surface area contributed by atoms with Crippen LogP contribution in [0.5, 0.6) is 5.75 Å². The third kappa shape index (κ3) is 4.15. The van der Waals surface area contributed by atoms with Gasteiger partial charge < -0.3 is 19.9 Å². The van der Waals surface area contributed by atoms with Crippen LogP contribution in [0, 0.1) is 11.3 Å². The summed E-state index contributed by atoms with van der Waals surface area (Å²) in [6, 6.07) is 4.06. The standard InChI is InChI=1S/C21H22ClN9O/c1-21(2,3)15-9-16(29-31(15)8-5-23)27-20-28-19-18(30(20)4)17(22)14(11-26-19)32-12-13-10-24-6-7-25-13/h6-7,9-12,25H,8H2,1-4H3,(H,26,27,28,29)/b13-12+. The topological polar surface area (TPSA) is 118 Å². The molecule has 0 spiro atoms. The van der Waals surface area contributed by atoms with E-state index in [9.17, 15) is 0 Å². The number of aryl methyl sites for hydroxylation is 1. The van der Waals surface area contributed by atoms with Crippen molar-refractivity contribution >= 4 is 40.7 Å². The van der Waals surface area contributed by atoms with Crippen molar-refractivity contribution in [1.82, 2.24) is 29.6 Å². The van der Waals surface area contributed by atoms with E-state index < -0.39 is 0 Å². The first-order chi connectivity index (χ1) is 15.3. The quantitative estimate of drug-likeness (QED) is 0.567. The van der Waals surface area contributed by atoms with Crippen LogP contribution in [0.25, 0.3) is 11.2 Å². The number of aliphatic imine (C=N–C) groups is 1. The van der Waals surface area contributed by atoms with Crippen molar-refractivity contribution in [1.29, 1.82) is 5.26 Å². The average Bonchev–Trinajstić information content (AvgIpc) is 3.30. The maximum absolute atomic E-state index is 9.13. The zero-order chi connectivity index (χ0) is 22.9. The smallest absolute Gasteiger partial charge is 0.210 e. The van der Waals surface area contributed by atoms with Crippen molar-refractivity contribution in [2.45, 2.75) is 32.7 Å². The van der Waals surface area contributed by atoms with Gasteiger partial charge in [0.1, 0.15) is 23.3 Å². The van der Waals surface area contributed by atoms with Crippen LogP contribution in [0.15, 0.2) is 41.6 Å². The number of allylic oxidation sites excluding steroid dienone is 1. The van der Waals surface area contributed by atoms with Gasteiger partial charge in [-0.2, -0.15) is 15.3 Å².